The lowest BCUT2D eigenvalue weighted by molar-refractivity contribution is -0.140. The van der Waals surface area contributed by atoms with Crippen LogP contribution in [0.4, 0.5) is 5.69 Å². The van der Waals surface area contributed by atoms with Gasteiger partial charge in [-0.25, -0.2) is 4.85 Å². The molecule has 12 nitrogen and oxygen atoms in total. The van der Waals surface area contributed by atoms with Crippen LogP contribution < -0.4 is 19.5 Å². The number of pyridine rings is 1. The van der Waals surface area contributed by atoms with Crippen molar-refractivity contribution in [2.24, 2.45) is 0 Å². The summed E-state index contributed by atoms with van der Waals surface area (Å²) in [5.74, 6) is -0.461. The largest absolute Gasteiger partial charge is 0.492 e. The summed E-state index contributed by atoms with van der Waals surface area (Å²) in [5, 5.41) is 41.0. The molecule has 0 radical (unpaired) electrons. The van der Waals surface area contributed by atoms with Crippen molar-refractivity contribution in [2.45, 2.75) is 71.4 Å². The molecule has 5 rings (SSSR count). The van der Waals surface area contributed by atoms with E-state index < -0.39 is 24.1 Å². The maximum absolute atomic E-state index is 11.0. The summed E-state index contributed by atoms with van der Waals surface area (Å²) in [6, 6.07) is 25.4. The van der Waals surface area contributed by atoms with E-state index in [1.807, 2.05) is 42.5 Å². The average molecular weight is 822 g/mol. The Bertz CT molecular complexity index is 2260. The van der Waals surface area contributed by atoms with Crippen molar-refractivity contribution in [1.29, 1.82) is 0 Å². The Hall–Kier alpha value is -5.97. The van der Waals surface area contributed by atoms with Crippen LogP contribution in [0.25, 0.3) is 27.1 Å². The van der Waals surface area contributed by atoms with Crippen LogP contribution in [0.1, 0.15) is 53.5 Å². The van der Waals surface area contributed by atoms with Crippen LogP contribution >= 0.6 is 11.6 Å². The predicted octanol–water partition coefficient (Wildman–Crippen LogP) is 8.36. The van der Waals surface area contributed by atoms with Crippen LogP contribution in [0.2, 0.25) is 5.02 Å². The summed E-state index contributed by atoms with van der Waals surface area (Å²) in [5.41, 5.74) is 9.29. The molecule has 308 valence electrons. The number of aliphatic carboxylic acids is 2. The Morgan fingerprint density at radius 2 is 1.47 bits per heavy atom. The summed E-state index contributed by atoms with van der Waals surface area (Å²) >= 11 is 6.78. The third-order valence-corrected chi connectivity index (χ3v) is 10.1. The van der Waals surface area contributed by atoms with Gasteiger partial charge in [-0.2, -0.15) is 0 Å². The summed E-state index contributed by atoms with van der Waals surface area (Å²) < 4.78 is 18.4. The van der Waals surface area contributed by atoms with Gasteiger partial charge in [-0.3, -0.25) is 14.6 Å². The molecule has 0 fully saturated rings. The molecule has 4 aromatic carbocycles. The molecule has 0 aliphatic carbocycles. The van der Waals surface area contributed by atoms with Gasteiger partial charge in [-0.05, 0) is 107 Å². The Labute approximate surface area is 348 Å². The molecule has 59 heavy (non-hydrogen) atoms. The van der Waals surface area contributed by atoms with Gasteiger partial charge in [0.15, 0.2) is 0 Å². The number of aryl methyl sites for hydroxylation is 1. The zero-order valence-electron chi connectivity index (χ0n) is 33.0. The second-order valence-corrected chi connectivity index (χ2v) is 14.6. The fourth-order valence-corrected chi connectivity index (χ4v) is 6.91. The molecular formula is C46H48ClN3O9. The first-order valence-corrected chi connectivity index (χ1v) is 19.6. The van der Waals surface area contributed by atoms with Crippen LogP contribution in [0.3, 0.4) is 0 Å². The lowest BCUT2D eigenvalue weighted by atomic mass is 9.89. The predicted molar refractivity (Wildman–Crippen MR) is 225 cm³/mol. The van der Waals surface area contributed by atoms with E-state index in [9.17, 15) is 19.8 Å². The van der Waals surface area contributed by atoms with E-state index in [0.29, 0.717) is 65.9 Å². The fourth-order valence-electron chi connectivity index (χ4n) is 6.66. The molecule has 5 N–H and O–H groups in total. The molecule has 1 aromatic heterocycles. The number of nitrogens with zero attached hydrogens (tertiary/aromatic N) is 2. The number of carboxylic acid groups (broad SMARTS) is 2. The van der Waals surface area contributed by atoms with Gasteiger partial charge in [0.1, 0.15) is 37.1 Å². The smallest absolute Gasteiger partial charge is 0.306 e. The highest BCUT2D eigenvalue weighted by molar-refractivity contribution is 6.32. The van der Waals surface area contributed by atoms with Gasteiger partial charge in [0.25, 0.3) is 0 Å². The molecule has 0 saturated carbocycles. The highest BCUT2D eigenvalue weighted by Gasteiger charge is 2.17. The van der Waals surface area contributed by atoms with E-state index in [4.69, 9.17) is 42.6 Å². The number of carboxylic acids is 2. The highest BCUT2D eigenvalue weighted by atomic mass is 35.5. The zero-order valence-corrected chi connectivity index (χ0v) is 33.7. The Balaban J connectivity index is 1.28. The van der Waals surface area contributed by atoms with Crippen molar-refractivity contribution in [1.82, 2.24) is 10.3 Å². The van der Waals surface area contributed by atoms with E-state index >= 15 is 0 Å². The lowest BCUT2D eigenvalue weighted by Gasteiger charge is -2.18. The SMILES string of the molecule is [C-]#[N+]c1cncc(COc2cc(OCc3cccc(-c4cccc(-c5ccc(OCCNC[C@@H](O)CC(=O)O)cc5)c4C)c3C)c(Cl)cc2CCC[C@@H](O)CC(=O)O)c1. The minimum Gasteiger partial charge on any atom is -0.492 e. The van der Waals surface area contributed by atoms with Gasteiger partial charge in [-0.15, -0.1) is 0 Å². The van der Waals surface area contributed by atoms with E-state index in [-0.39, 0.29) is 32.6 Å². The average Bonchev–Trinajstić information content (AvgIpc) is 3.20. The first-order chi connectivity index (χ1) is 28.4. The monoisotopic (exact) mass is 821 g/mol. The summed E-state index contributed by atoms with van der Waals surface area (Å²) in [7, 11) is 0. The fraction of sp³-hybridized carbons (Fsp3) is 0.304. The number of ether oxygens (including phenoxy) is 3. The number of aromatic nitrogens is 1. The van der Waals surface area contributed by atoms with Crippen LogP contribution in [-0.4, -0.2) is 69.3 Å². The maximum atomic E-state index is 11.0. The molecule has 13 heteroatoms. The number of hydrogen-bond acceptors (Lipinski definition) is 9. The van der Waals surface area contributed by atoms with Gasteiger partial charge in [0.2, 0.25) is 5.69 Å². The molecule has 0 aliphatic heterocycles. The Kier molecular flexibility index (Phi) is 16.2. The second kappa shape index (κ2) is 21.7. The number of nitrogens with one attached hydrogen (secondary N) is 1. The van der Waals surface area contributed by atoms with Crippen molar-refractivity contribution in [2.75, 3.05) is 19.7 Å². The third kappa shape index (κ3) is 13.0. The summed E-state index contributed by atoms with van der Waals surface area (Å²) in [6.07, 6.45) is 1.85. The van der Waals surface area contributed by atoms with E-state index in [2.05, 4.69) is 47.2 Å². The molecule has 0 amide bonds. The number of halogens is 1. The van der Waals surface area contributed by atoms with Crippen LogP contribution in [-0.2, 0) is 29.2 Å². The Morgan fingerprint density at radius 3 is 2.20 bits per heavy atom. The molecule has 0 aliphatic rings. The van der Waals surface area contributed by atoms with Crippen molar-refractivity contribution >= 4 is 29.2 Å². The topological polar surface area (TPSA) is 172 Å². The third-order valence-electron chi connectivity index (χ3n) is 9.77. The van der Waals surface area contributed by atoms with Gasteiger partial charge in [0.05, 0.1) is 36.6 Å². The van der Waals surface area contributed by atoms with Crippen molar-refractivity contribution in [3.05, 3.63) is 136 Å². The minimum atomic E-state index is -1.06. The van der Waals surface area contributed by atoms with Crippen LogP contribution in [0.5, 0.6) is 17.2 Å². The molecule has 1 heterocycles. The normalized spacial score (nSPS) is 12.0. The van der Waals surface area contributed by atoms with Gasteiger partial charge >= 0.3 is 11.9 Å². The number of benzene rings is 4. The Morgan fingerprint density at radius 1 is 0.797 bits per heavy atom. The molecule has 0 unspecified atom stereocenters. The lowest BCUT2D eigenvalue weighted by Crippen LogP contribution is -2.31. The number of aliphatic hydroxyl groups is 2. The quantitative estimate of drug-likeness (QED) is 0.0336. The number of rotatable bonds is 22. The number of aliphatic hydroxyl groups excluding tert-OH is 2. The molecule has 0 saturated heterocycles. The van der Waals surface area contributed by atoms with E-state index in [1.54, 1.807) is 24.4 Å². The van der Waals surface area contributed by atoms with Crippen LogP contribution in [0.15, 0.2) is 91.3 Å². The van der Waals surface area contributed by atoms with Gasteiger partial charge in [-0.1, -0.05) is 60.1 Å². The molecule has 2 atom stereocenters. The summed E-state index contributed by atoms with van der Waals surface area (Å²) in [4.78, 5) is 29.3. The molecule has 0 spiro atoms. The van der Waals surface area contributed by atoms with E-state index in [0.717, 1.165) is 44.5 Å². The van der Waals surface area contributed by atoms with Crippen molar-refractivity contribution < 1.29 is 44.2 Å². The minimum absolute atomic E-state index is 0.145. The van der Waals surface area contributed by atoms with Crippen molar-refractivity contribution in [3.63, 3.8) is 0 Å². The van der Waals surface area contributed by atoms with Gasteiger partial charge in [0, 0.05) is 31.5 Å². The second-order valence-electron chi connectivity index (χ2n) is 14.2. The molecule has 5 aromatic rings. The summed E-state index contributed by atoms with van der Waals surface area (Å²) in [6.45, 7) is 12.9. The van der Waals surface area contributed by atoms with Gasteiger partial charge < -0.3 is 40.0 Å². The first-order valence-electron chi connectivity index (χ1n) is 19.2. The molecular weight excluding hydrogens is 774 g/mol. The first kappa shape index (κ1) is 44.1. The number of hydrogen-bond donors (Lipinski definition) is 5. The standard InChI is InChI=1S/C46H48ClN3O9/c1-29-34(28-59-44-23-43(58-27-31-19-35(48-3)25-50-24-31)33(20-42(44)47)7-4-9-36(51)21-45(53)54)8-5-11-40(29)41-12-6-10-39(30(41)2)32-13-15-38(16-14-32)57-18-17-49-26-37(52)22-46(55)56/h5-6,8,10-16,19-20,23-25,36-37,49,51-52H,4,7,9,17-18,21-22,26-28H2,1-2H3,(H,53,54)(H,55,56)/t36-,37+/m1/s1. The number of carbonyl (C=O) groups is 2. The van der Waals surface area contributed by atoms with Crippen molar-refractivity contribution in [3.8, 4) is 39.5 Å². The highest BCUT2D eigenvalue weighted by Crippen LogP contribution is 2.37. The molecule has 0 bridgehead atoms. The van der Waals surface area contributed by atoms with E-state index in [1.165, 1.54) is 6.20 Å². The zero-order chi connectivity index (χ0) is 42.3. The maximum Gasteiger partial charge on any atom is 0.306 e. The van der Waals surface area contributed by atoms with Crippen LogP contribution in [0, 0.1) is 20.4 Å².